The van der Waals surface area contributed by atoms with E-state index in [4.69, 9.17) is 9.15 Å². The first-order valence-corrected chi connectivity index (χ1v) is 10.2. The summed E-state index contributed by atoms with van der Waals surface area (Å²) in [5, 5.41) is 14.7. The molecular formula is C18H19NO5S2. The number of benzene rings is 1. The van der Waals surface area contributed by atoms with Gasteiger partial charge < -0.3 is 14.3 Å². The van der Waals surface area contributed by atoms with Crippen LogP contribution in [-0.2, 0) is 15.6 Å². The fraction of sp³-hybridized carbons (Fsp3) is 0.222. The molecule has 0 aliphatic carbocycles. The molecule has 0 aliphatic heterocycles. The number of nitrogens with one attached hydrogen (secondary N) is 1. The minimum atomic E-state index is -3.84. The molecule has 1 atom stereocenters. The Morgan fingerprint density at radius 2 is 2.12 bits per heavy atom. The molecule has 26 heavy (non-hydrogen) atoms. The van der Waals surface area contributed by atoms with Crippen molar-refractivity contribution in [3.63, 3.8) is 0 Å². The normalized spacial score (nSPS) is 14.1. The number of methoxy groups -OCH3 is 1. The van der Waals surface area contributed by atoms with E-state index in [2.05, 4.69) is 4.72 Å². The molecule has 1 unspecified atom stereocenters. The summed E-state index contributed by atoms with van der Waals surface area (Å²) < 4.78 is 38.5. The average molecular weight is 393 g/mol. The van der Waals surface area contributed by atoms with E-state index < -0.39 is 15.6 Å². The number of furan rings is 1. The van der Waals surface area contributed by atoms with Gasteiger partial charge >= 0.3 is 0 Å². The first-order valence-electron chi connectivity index (χ1n) is 7.80. The molecule has 0 spiro atoms. The summed E-state index contributed by atoms with van der Waals surface area (Å²) in [7, 11) is -2.32. The first-order chi connectivity index (χ1) is 12.4. The van der Waals surface area contributed by atoms with Gasteiger partial charge in [-0.3, -0.25) is 0 Å². The van der Waals surface area contributed by atoms with Crippen molar-refractivity contribution in [2.45, 2.75) is 17.4 Å². The van der Waals surface area contributed by atoms with Gasteiger partial charge in [0.25, 0.3) is 0 Å². The average Bonchev–Trinajstić information content (AvgIpc) is 3.33. The Bertz CT molecular complexity index is 929. The number of rotatable bonds is 7. The molecule has 8 heteroatoms. The molecule has 0 saturated heterocycles. The highest BCUT2D eigenvalue weighted by Crippen LogP contribution is 2.31. The molecule has 0 bridgehead atoms. The lowest BCUT2D eigenvalue weighted by Gasteiger charge is -2.26. The fourth-order valence-electron chi connectivity index (χ4n) is 2.67. The molecule has 3 rings (SSSR count). The second-order valence-electron chi connectivity index (χ2n) is 5.81. The maximum atomic E-state index is 12.7. The second-order valence-corrected chi connectivity index (χ2v) is 8.32. The minimum absolute atomic E-state index is 0.130. The number of hydrogen-bond acceptors (Lipinski definition) is 6. The molecule has 1 aromatic carbocycles. The summed E-state index contributed by atoms with van der Waals surface area (Å²) >= 11 is 1.41. The molecule has 138 valence electrons. The Labute approximate surface area is 156 Å². The Balaban J connectivity index is 1.90. The molecular weight excluding hydrogens is 374 g/mol. The van der Waals surface area contributed by atoms with E-state index in [9.17, 15) is 13.5 Å². The van der Waals surface area contributed by atoms with Crippen LogP contribution in [0, 0.1) is 6.92 Å². The maximum absolute atomic E-state index is 12.7. The quantitative estimate of drug-likeness (QED) is 0.644. The third-order valence-electron chi connectivity index (χ3n) is 4.12. The van der Waals surface area contributed by atoms with Crippen LogP contribution in [0.3, 0.4) is 0 Å². The van der Waals surface area contributed by atoms with Gasteiger partial charge in [-0.15, -0.1) is 0 Å². The largest absolute Gasteiger partial charge is 0.497 e. The summed E-state index contributed by atoms with van der Waals surface area (Å²) in [5.74, 6) is 0.844. The van der Waals surface area contributed by atoms with Crippen molar-refractivity contribution >= 4 is 21.4 Å². The van der Waals surface area contributed by atoms with Crippen molar-refractivity contribution in [1.82, 2.24) is 4.72 Å². The summed E-state index contributed by atoms with van der Waals surface area (Å²) in [4.78, 5) is 0.130. The molecule has 0 radical (unpaired) electrons. The van der Waals surface area contributed by atoms with Crippen LogP contribution in [0.25, 0.3) is 0 Å². The maximum Gasteiger partial charge on any atom is 0.240 e. The van der Waals surface area contributed by atoms with Crippen LogP contribution in [0.15, 0.2) is 62.7 Å². The van der Waals surface area contributed by atoms with Crippen molar-refractivity contribution < 1.29 is 22.7 Å². The Kier molecular flexibility index (Phi) is 5.19. The second kappa shape index (κ2) is 7.24. The summed E-state index contributed by atoms with van der Waals surface area (Å²) in [5.41, 5.74) is -0.489. The van der Waals surface area contributed by atoms with E-state index in [1.54, 1.807) is 42.6 Å². The summed E-state index contributed by atoms with van der Waals surface area (Å²) in [6, 6.07) is 9.71. The lowest BCUT2D eigenvalue weighted by molar-refractivity contribution is 0.0623. The number of hydrogen-bond donors (Lipinski definition) is 2. The van der Waals surface area contributed by atoms with Gasteiger partial charge in [0.05, 0.1) is 24.8 Å². The minimum Gasteiger partial charge on any atom is -0.497 e. The third kappa shape index (κ3) is 3.54. The molecule has 0 amide bonds. The highest BCUT2D eigenvalue weighted by Gasteiger charge is 2.36. The van der Waals surface area contributed by atoms with Gasteiger partial charge in [-0.2, -0.15) is 11.3 Å². The number of sulfonamides is 1. The SMILES string of the molecule is COc1ccc(S(=O)(=O)NCC(O)(c2ccsc2)c2ccco2)c(C)c1. The highest BCUT2D eigenvalue weighted by atomic mass is 32.2. The van der Waals surface area contributed by atoms with Crippen LogP contribution in [0.4, 0.5) is 0 Å². The molecule has 2 N–H and O–H groups in total. The summed E-state index contributed by atoms with van der Waals surface area (Å²) in [6.45, 7) is 1.43. The third-order valence-corrected chi connectivity index (χ3v) is 6.36. The number of aliphatic hydroxyl groups is 1. The van der Waals surface area contributed by atoms with E-state index in [1.807, 2.05) is 5.38 Å². The first kappa shape index (κ1) is 18.7. The zero-order valence-corrected chi connectivity index (χ0v) is 15.9. The van der Waals surface area contributed by atoms with Gasteiger partial charge in [-0.1, -0.05) is 0 Å². The predicted octanol–water partition coefficient (Wildman–Crippen LogP) is 2.87. The van der Waals surface area contributed by atoms with Gasteiger partial charge in [0, 0.05) is 5.56 Å². The number of thiophene rings is 1. The molecule has 0 aliphatic rings. The zero-order chi connectivity index (χ0) is 18.8. The number of aryl methyl sites for hydroxylation is 1. The summed E-state index contributed by atoms with van der Waals surface area (Å²) in [6.07, 6.45) is 1.44. The van der Waals surface area contributed by atoms with Crippen molar-refractivity contribution in [2.24, 2.45) is 0 Å². The fourth-order valence-corrected chi connectivity index (χ4v) is 4.68. The lowest BCUT2D eigenvalue weighted by atomic mass is 9.94. The lowest BCUT2D eigenvalue weighted by Crippen LogP contribution is -2.41. The zero-order valence-electron chi connectivity index (χ0n) is 14.3. The van der Waals surface area contributed by atoms with E-state index >= 15 is 0 Å². The molecule has 0 fully saturated rings. The van der Waals surface area contributed by atoms with E-state index in [0.717, 1.165) is 0 Å². The van der Waals surface area contributed by atoms with Gasteiger partial charge in [-0.25, -0.2) is 13.1 Å². The van der Waals surface area contributed by atoms with Gasteiger partial charge in [-0.05, 0) is 59.6 Å². The van der Waals surface area contributed by atoms with Crippen LogP contribution < -0.4 is 9.46 Å². The van der Waals surface area contributed by atoms with Crippen LogP contribution in [0.1, 0.15) is 16.9 Å². The van der Waals surface area contributed by atoms with Crippen LogP contribution >= 0.6 is 11.3 Å². The Morgan fingerprint density at radius 3 is 2.69 bits per heavy atom. The Hall–Kier alpha value is -2.13. The van der Waals surface area contributed by atoms with Gasteiger partial charge in [0.1, 0.15) is 11.5 Å². The van der Waals surface area contributed by atoms with Crippen LogP contribution in [-0.4, -0.2) is 27.2 Å². The smallest absolute Gasteiger partial charge is 0.240 e. The molecule has 2 heterocycles. The monoisotopic (exact) mass is 393 g/mol. The van der Waals surface area contributed by atoms with E-state index in [0.29, 0.717) is 16.9 Å². The molecule has 2 aromatic heterocycles. The van der Waals surface area contributed by atoms with Crippen LogP contribution in [0.5, 0.6) is 5.75 Å². The van der Waals surface area contributed by atoms with Crippen LogP contribution in [0.2, 0.25) is 0 Å². The van der Waals surface area contributed by atoms with Crippen molar-refractivity contribution in [2.75, 3.05) is 13.7 Å². The molecule has 3 aromatic rings. The van der Waals surface area contributed by atoms with Crippen molar-refractivity contribution in [3.05, 3.63) is 70.3 Å². The highest BCUT2D eigenvalue weighted by molar-refractivity contribution is 7.89. The van der Waals surface area contributed by atoms with Gasteiger partial charge in [0.2, 0.25) is 10.0 Å². The standard InChI is InChI=1S/C18H19NO5S2/c1-13-10-15(23-2)5-6-16(13)26(21,22)19-12-18(20,14-7-9-25-11-14)17-4-3-8-24-17/h3-11,19-20H,12H2,1-2H3. The van der Waals surface area contributed by atoms with E-state index in [1.165, 1.54) is 30.8 Å². The van der Waals surface area contributed by atoms with Crippen molar-refractivity contribution in [3.8, 4) is 5.75 Å². The topological polar surface area (TPSA) is 88.8 Å². The molecule has 0 saturated carbocycles. The Morgan fingerprint density at radius 1 is 1.31 bits per heavy atom. The molecule has 6 nitrogen and oxygen atoms in total. The number of ether oxygens (including phenoxy) is 1. The predicted molar refractivity (Wildman–Crippen MR) is 98.9 cm³/mol. The van der Waals surface area contributed by atoms with Crippen molar-refractivity contribution in [1.29, 1.82) is 0 Å². The van der Waals surface area contributed by atoms with Gasteiger partial charge in [0.15, 0.2) is 5.60 Å². The van der Waals surface area contributed by atoms with E-state index in [-0.39, 0.29) is 17.2 Å².